The van der Waals surface area contributed by atoms with Crippen LogP contribution in [0.5, 0.6) is 0 Å². The Morgan fingerprint density at radius 2 is 1.62 bits per heavy atom. The lowest BCUT2D eigenvalue weighted by atomic mass is 10.5. The maximum Gasteiger partial charge on any atom is 0.141 e. The summed E-state index contributed by atoms with van der Waals surface area (Å²) in [6.07, 6.45) is 1.48. The first kappa shape index (κ1) is 17.8. The molecule has 0 radical (unpaired) electrons. The van der Waals surface area contributed by atoms with Gasteiger partial charge in [0, 0.05) is 12.7 Å². The maximum absolute atomic E-state index is 5.32. The second kappa shape index (κ2) is 17.1. The largest absolute Gasteiger partial charge is 0.382 e. The molecule has 78 valence electrons. The van der Waals surface area contributed by atoms with Crippen LogP contribution in [0.2, 0.25) is 0 Å². The van der Waals surface area contributed by atoms with Gasteiger partial charge in [0.1, 0.15) is 5.84 Å². The molecule has 2 N–H and O–H groups in total. The number of aliphatic imine (C=N–C) groups is 2. The van der Waals surface area contributed by atoms with E-state index in [0.29, 0.717) is 11.5 Å². The number of nitrogens with two attached hydrogens (primary N) is 1. The van der Waals surface area contributed by atoms with Crippen molar-refractivity contribution in [1.29, 1.82) is 0 Å². The molecule has 0 rings (SSSR count). The third-order valence-electron chi connectivity index (χ3n) is 0.581. The molecule has 0 aliphatic rings. The Morgan fingerprint density at radius 1 is 1.23 bits per heavy atom. The quantitative estimate of drug-likeness (QED) is 0.522. The molecular formula is C10H23N3. The van der Waals surface area contributed by atoms with Gasteiger partial charge in [-0.25, -0.2) is 4.99 Å². The fraction of sp³-hybridized carbons (Fsp3) is 0.600. The standard InChI is InChI=1S/C6H11N3.2C2H6/c1-5(2)9-6(7)4-8-3;2*1-2/h4H,1H2,2-3H3,(H2,7,9);2*1-2H3. The van der Waals surface area contributed by atoms with Gasteiger partial charge >= 0.3 is 0 Å². The predicted molar refractivity (Wildman–Crippen MR) is 63.5 cm³/mol. The molecule has 0 spiro atoms. The average molecular weight is 185 g/mol. The fourth-order valence-corrected chi connectivity index (χ4v) is 0.382. The fourth-order valence-electron chi connectivity index (χ4n) is 0.382. The highest BCUT2D eigenvalue weighted by Gasteiger charge is 1.81. The lowest BCUT2D eigenvalue weighted by Gasteiger charge is -1.88. The molecule has 0 unspecified atom stereocenters. The van der Waals surface area contributed by atoms with Crippen molar-refractivity contribution in [2.24, 2.45) is 15.7 Å². The highest BCUT2D eigenvalue weighted by molar-refractivity contribution is 6.28. The normalized spacial score (nSPS) is 9.54. The topological polar surface area (TPSA) is 50.7 Å². The zero-order valence-corrected chi connectivity index (χ0v) is 9.76. The minimum Gasteiger partial charge on any atom is -0.382 e. The molecule has 0 bridgehead atoms. The van der Waals surface area contributed by atoms with E-state index in [-0.39, 0.29) is 0 Å². The second-order valence-corrected chi connectivity index (χ2v) is 1.66. The summed E-state index contributed by atoms with van der Waals surface area (Å²) < 4.78 is 0. The van der Waals surface area contributed by atoms with Crippen LogP contribution in [0.15, 0.2) is 22.3 Å². The van der Waals surface area contributed by atoms with Crippen molar-refractivity contribution in [3.05, 3.63) is 12.3 Å². The van der Waals surface area contributed by atoms with Crippen molar-refractivity contribution in [3.63, 3.8) is 0 Å². The Bertz CT molecular complexity index is 158. The molecular weight excluding hydrogens is 162 g/mol. The smallest absolute Gasteiger partial charge is 0.141 e. The molecule has 0 amide bonds. The van der Waals surface area contributed by atoms with E-state index in [2.05, 4.69) is 16.6 Å². The van der Waals surface area contributed by atoms with Gasteiger partial charge in [0.05, 0.1) is 6.21 Å². The Morgan fingerprint density at radius 3 is 1.85 bits per heavy atom. The van der Waals surface area contributed by atoms with Gasteiger partial charge in [0.25, 0.3) is 0 Å². The van der Waals surface area contributed by atoms with Crippen molar-refractivity contribution in [1.82, 2.24) is 0 Å². The van der Waals surface area contributed by atoms with E-state index in [4.69, 9.17) is 5.73 Å². The summed E-state index contributed by atoms with van der Waals surface area (Å²) in [5.41, 5.74) is 6.01. The molecule has 0 fully saturated rings. The molecule has 0 aromatic carbocycles. The molecule has 3 nitrogen and oxygen atoms in total. The first-order valence-electron chi connectivity index (χ1n) is 4.58. The lowest BCUT2D eigenvalue weighted by molar-refractivity contribution is 1.32. The van der Waals surface area contributed by atoms with E-state index < -0.39 is 0 Å². The van der Waals surface area contributed by atoms with E-state index in [9.17, 15) is 0 Å². The Hall–Kier alpha value is -1.12. The van der Waals surface area contributed by atoms with Crippen molar-refractivity contribution in [2.45, 2.75) is 34.6 Å². The number of hydrogen-bond acceptors (Lipinski definition) is 2. The van der Waals surface area contributed by atoms with Gasteiger partial charge < -0.3 is 5.73 Å². The van der Waals surface area contributed by atoms with Crippen LogP contribution in [0.1, 0.15) is 34.6 Å². The monoisotopic (exact) mass is 185 g/mol. The summed E-state index contributed by atoms with van der Waals surface area (Å²) in [4.78, 5) is 7.48. The van der Waals surface area contributed by atoms with Crippen LogP contribution in [0.25, 0.3) is 0 Å². The Kier molecular flexibility index (Phi) is 23.5. The van der Waals surface area contributed by atoms with Crippen LogP contribution in [0, 0.1) is 0 Å². The second-order valence-electron chi connectivity index (χ2n) is 1.66. The first-order chi connectivity index (χ1) is 6.16. The van der Waals surface area contributed by atoms with Crippen LogP contribution in [0.3, 0.4) is 0 Å². The zero-order chi connectivity index (χ0) is 11.3. The number of hydrogen-bond donors (Lipinski definition) is 1. The molecule has 0 heterocycles. The van der Waals surface area contributed by atoms with Crippen molar-refractivity contribution < 1.29 is 0 Å². The zero-order valence-electron chi connectivity index (χ0n) is 9.76. The summed E-state index contributed by atoms with van der Waals surface area (Å²) >= 11 is 0. The van der Waals surface area contributed by atoms with E-state index in [1.807, 2.05) is 27.7 Å². The van der Waals surface area contributed by atoms with Gasteiger partial charge in [-0.1, -0.05) is 34.3 Å². The summed E-state index contributed by atoms with van der Waals surface area (Å²) in [6.45, 7) is 13.3. The third kappa shape index (κ3) is 24.8. The number of nitrogens with zero attached hydrogens (tertiary/aromatic N) is 2. The van der Waals surface area contributed by atoms with Gasteiger partial charge in [-0.05, 0) is 6.92 Å². The van der Waals surface area contributed by atoms with Crippen LogP contribution < -0.4 is 5.73 Å². The van der Waals surface area contributed by atoms with Gasteiger partial charge in [-0.15, -0.1) is 0 Å². The van der Waals surface area contributed by atoms with Crippen molar-refractivity contribution in [2.75, 3.05) is 7.05 Å². The predicted octanol–water partition coefficient (Wildman–Crippen LogP) is 2.63. The number of rotatable bonds is 2. The summed E-state index contributed by atoms with van der Waals surface area (Å²) in [7, 11) is 1.64. The minimum atomic E-state index is 0.394. The van der Waals surface area contributed by atoms with Crippen molar-refractivity contribution in [3.8, 4) is 0 Å². The lowest BCUT2D eigenvalue weighted by Crippen LogP contribution is -2.12. The summed E-state index contributed by atoms with van der Waals surface area (Å²) in [5, 5.41) is 0. The maximum atomic E-state index is 5.32. The Balaban J connectivity index is -0.000000218. The average Bonchev–Trinajstić information content (AvgIpc) is 2.10. The van der Waals surface area contributed by atoms with Gasteiger partial charge in [-0.2, -0.15) is 0 Å². The molecule has 0 saturated carbocycles. The summed E-state index contributed by atoms with van der Waals surface area (Å²) in [5.74, 6) is 0.394. The van der Waals surface area contributed by atoms with Crippen LogP contribution in [0.4, 0.5) is 0 Å². The molecule has 0 aromatic heterocycles. The molecule has 0 atom stereocenters. The number of amidine groups is 1. The SMILES string of the molecule is C=C(C)N=C(N)C=NC.CC.CC. The molecule has 0 saturated heterocycles. The van der Waals surface area contributed by atoms with E-state index in [1.54, 1.807) is 14.0 Å². The molecule has 0 aromatic rings. The van der Waals surface area contributed by atoms with E-state index in [0.717, 1.165) is 0 Å². The van der Waals surface area contributed by atoms with E-state index >= 15 is 0 Å². The van der Waals surface area contributed by atoms with Gasteiger partial charge in [0.2, 0.25) is 0 Å². The van der Waals surface area contributed by atoms with Crippen LogP contribution in [-0.4, -0.2) is 19.1 Å². The molecule has 13 heavy (non-hydrogen) atoms. The first-order valence-corrected chi connectivity index (χ1v) is 4.58. The molecule has 0 aliphatic heterocycles. The Labute approximate surface area is 82.5 Å². The third-order valence-corrected chi connectivity index (χ3v) is 0.581. The van der Waals surface area contributed by atoms with Gasteiger partial charge in [0.15, 0.2) is 0 Å². The highest BCUT2D eigenvalue weighted by Crippen LogP contribution is 1.85. The summed E-state index contributed by atoms with van der Waals surface area (Å²) in [6, 6.07) is 0. The molecule has 3 heteroatoms. The highest BCUT2D eigenvalue weighted by atomic mass is 14.9. The van der Waals surface area contributed by atoms with E-state index in [1.165, 1.54) is 6.21 Å². The van der Waals surface area contributed by atoms with Crippen molar-refractivity contribution >= 4 is 12.1 Å². The van der Waals surface area contributed by atoms with Gasteiger partial charge in [-0.3, -0.25) is 4.99 Å². The molecule has 0 aliphatic carbocycles. The minimum absolute atomic E-state index is 0.394. The van der Waals surface area contributed by atoms with Crippen LogP contribution >= 0.6 is 0 Å². The van der Waals surface area contributed by atoms with Crippen LogP contribution in [-0.2, 0) is 0 Å². The number of allylic oxidation sites excluding steroid dienone is 1.